The van der Waals surface area contributed by atoms with E-state index < -0.39 is 17.6 Å². The molecule has 0 aromatic heterocycles. The lowest BCUT2D eigenvalue weighted by Gasteiger charge is -2.38. The van der Waals surface area contributed by atoms with Gasteiger partial charge in [0.1, 0.15) is 17.5 Å². The normalized spacial score (nSPS) is 21.2. The van der Waals surface area contributed by atoms with E-state index >= 15 is 0 Å². The first-order valence-electron chi connectivity index (χ1n) is 15.2. The van der Waals surface area contributed by atoms with Gasteiger partial charge in [0.15, 0.2) is 0 Å². The molecule has 3 atom stereocenters. The van der Waals surface area contributed by atoms with Crippen molar-refractivity contribution in [3.05, 3.63) is 70.0 Å². The lowest BCUT2D eigenvalue weighted by molar-refractivity contribution is -0.137. The Balaban J connectivity index is 1.56. The third-order valence-corrected chi connectivity index (χ3v) is 9.35. The maximum atomic E-state index is 14.9. The predicted molar refractivity (Wildman–Crippen MR) is 160 cm³/mol. The molecule has 2 saturated heterocycles. The van der Waals surface area contributed by atoms with Gasteiger partial charge in [-0.25, -0.2) is 13.2 Å². The Labute approximate surface area is 249 Å². The second kappa shape index (κ2) is 12.4. The van der Waals surface area contributed by atoms with Crippen LogP contribution in [-0.2, 0) is 9.59 Å². The molecule has 2 aromatic carbocycles. The molecule has 2 heterocycles. The number of carbonyl (C=O) groups is 2. The first-order valence-corrected chi connectivity index (χ1v) is 15.2. The van der Waals surface area contributed by atoms with Gasteiger partial charge in [0.05, 0.1) is 12.0 Å². The molecule has 8 heteroatoms. The largest absolute Gasteiger partial charge is 0.342 e. The Bertz CT molecular complexity index is 1310. The van der Waals surface area contributed by atoms with Gasteiger partial charge in [-0.05, 0) is 102 Å². The molecular weight excluding hydrogens is 539 g/mol. The van der Waals surface area contributed by atoms with Crippen molar-refractivity contribution in [2.75, 3.05) is 26.2 Å². The van der Waals surface area contributed by atoms with Crippen molar-refractivity contribution in [1.29, 1.82) is 0 Å². The van der Waals surface area contributed by atoms with Gasteiger partial charge in [0.25, 0.3) is 0 Å². The first kappa shape index (κ1) is 32.1. The Morgan fingerprint density at radius 1 is 0.929 bits per heavy atom. The number of benzene rings is 2. The van der Waals surface area contributed by atoms with E-state index in [1.54, 1.807) is 19.9 Å². The number of amides is 2. The van der Waals surface area contributed by atoms with Crippen LogP contribution in [0.2, 0.25) is 0 Å². The molecule has 2 aliphatic rings. The van der Waals surface area contributed by atoms with Crippen LogP contribution in [0.15, 0.2) is 30.3 Å². The maximum Gasteiger partial charge on any atom is 0.227 e. The lowest BCUT2D eigenvalue weighted by atomic mass is 9.82. The molecule has 2 amide bonds. The molecule has 3 unspecified atom stereocenters. The van der Waals surface area contributed by atoms with Crippen LogP contribution in [0.25, 0.3) is 0 Å². The third-order valence-electron chi connectivity index (χ3n) is 9.35. The number of rotatable bonds is 6. The summed E-state index contributed by atoms with van der Waals surface area (Å²) in [6.45, 7) is 17.5. The fraction of sp³-hybridized carbons (Fsp3) is 0.588. The van der Waals surface area contributed by atoms with Crippen LogP contribution >= 0.6 is 0 Å². The van der Waals surface area contributed by atoms with Gasteiger partial charge < -0.3 is 9.80 Å². The minimum absolute atomic E-state index is 0.00635. The highest BCUT2D eigenvalue weighted by molar-refractivity contribution is 5.81. The van der Waals surface area contributed by atoms with Crippen molar-refractivity contribution in [3.8, 4) is 0 Å². The molecule has 0 bridgehead atoms. The highest BCUT2D eigenvalue weighted by atomic mass is 19.1. The van der Waals surface area contributed by atoms with E-state index in [9.17, 15) is 22.8 Å². The van der Waals surface area contributed by atoms with Crippen LogP contribution in [-0.4, -0.2) is 64.3 Å². The van der Waals surface area contributed by atoms with Crippen LogP contribution in [0.4, 0.5) is 13.2 Å². The van der Waals surface area contributed by atoms with Gasteiger partial charge in [-0.1, -0.05) is 12.1 Å². The molecule has 0 aliphatic carbocycles. The van der Waals surface area contributed by atoms with E-state index in [0.717, 1.165) is 17.2 Å². The Hall–Kier alpha value is -2.87. The summed E-state index contributed by atoms with van der Waals surface area (Å²) in [5.41, 5.74) is 2.57. The average molecular weight is 586 g/mol. The second-order valence-electron chi connectivity index (χ2n) is 13.5. The van der Waals surface area contributed by atoms with Gasteiger partial charge >= 0.3 is 0 Å². The van der Waals surface area contributed by atoms with Gasteiger partial charge in [-0.2, -0.15) is 0 Å². The number of aryl methyl sites for hydroxylation is 1. The number of nitrogens with zero attached hydrogens (tertiary/aromatic N) is 3. The quantitative estimate of drug-likeness (QED) is 0.369. The fourth-order valence-electron chi connectivity index (χ4n) is 7.03. The second-order valence-corrected chi connectivity index (χ2v) is 13.5. The van der Waals surface area contributed by atoms with Gasteiger partial charge in [-0.15, -0.1) is 0 Å². The number of likely N-dealkylation sites (tertiary alicyclic amines) is 2. The zero-order valence-corrected chi connectivity index (χ0v) is 26.3. The SMILES string of the molecule is CC(=O)N(C(C)C)C(C)c1cc(C)c(F)cc1C1CCN(C(=O)C2CN(C(C)(C)C)CC2c2ccc(F)cc2F)CC1. The van der Waals surface area contributed by atoms with Crippen LogP contribution in [0.1, 0.15) is 101 Å². The van der Waals surface area contributed by atoms with E-state index in [4.69, 9.17) is 0 Å². The van der Waals surface area contributed by atoms with Gasteiger partial charge in [0.2, 0.25) is 11.8 Å². The zero-order chi connectivity index (χ0) is 31.1. The van der Waals surface area contributed by atoms with Crippen LogP contribution in [0.3, 0.4) is 0 Å². The van der Waals surface area contributed by atoms with E-state index in [1.807, 2.05) is 36.6 Å². The molecule has 4 rings (SSSR count). The Morgan fingerprint density at radius 3 is 2.12 bits per heavy atom. The maximum absolute atomic E-state index is 14.9. The number of piperidine rings is 1. The number of carbonyl (C=O) groups excluding carboxylic acids is 2. The topological polar surface area (TPSA) is 43.9 Å². The molecule has 0 spiro atoms. The molecule has 2 aliphatic heterocycles. The van der Waals surface area contributed by atoms with Crippen molar-refractivity contribution in [2.24, 2.45) is 5.92 Å². The minimum Gasteiger partial charge on any atom is -0.342 e. The van der Waals surface area contributed by atoms with Gasteiger partial charge in [0, 0.05) is 56.7 Å². The van der Waals surface area contributed by atoms with E-state index in [-0.39, 0.29) is 47.1 Å². The molecule has 42 heavy (non-hydrogen) atoms. The zero-order valence-electron chi connectivity index (χ0n) is 26.3. The van der Waals surface area contributed by atoms with E-state index in [1.165, 1.54) is 12.1 Å². The molecule has 2 aromatic rings. The third kappa shape index (κ3) is 6.53. The van der Waals surface area contributed by atoms with Gasteiger partial charge in [-0.3, -0.25) is 14.5 Å². The summed E-state index contributed by atoms with van der Waals surface area (Å²) in [4.78, 5) is 32.4. The monoisotopic (exact) mass is 585 g/mol. The molecule has 230 valence electrons. The molecule has 0 N–H and O–H groups in total. The molecule has 0 radical (unpaired) electrons. The van der Waals surface area contributed by atoms with Crippen LogP contribution in [0, 0.1) is 30.3 Å². The van der Waals surface area contributed by atoms with E-state index in [0.29, 0.717) is 50.1 Å². The Kier molecular flexibility index (Phi) is 9.46. The van der Waals surface area contributed by atoms with Crippen LogP contribution in [0.5, 0.6) is 0 Å². The molecular formula is C34H46F3N3O2. The number of hydrogen-bond donors (Lipinski definition) is 0. The summed E-state index contributed by atoms with van der Waals surface area (Å²) in [5, 5.41) is 0. The van der Waals surface area contributed by atoms with E-state index in [2.05, 4.69) is 25.7 Å². The minimum atomic E-state index is -0.632. The molecule has 2 fully saturated rings. The average Bonchev–Trinajstić information content (AvgIpc) is 3.35. The van der Waals surface area contributed by atoms with Crippen molar-refractivity contribution < 1.29 is 22.8 Å². The standard InChI is InChI=1S/C34H46F3N3O2/c1-20(2)40(23(5)41)22(4)27-15-21(3)31(36)17-28(27)24-11-13-38(14-12-24)33(42)30-19-39(34(6,7)8)18-29(30)26-10-9-25(35)16-32(26)37/h9-10,15-17,20,22,24,29-30H,11-14,18-19H2,1-8H3. The van der Waals surface area contributed by atoms with Crippen LogP contribution < -0.4 is 0 Å². The number of halogens is 3. The summed E-state index contributed by atoms with van der Waals surface area (Å²) in [6.07, 6.45) is 1.34. The number of hydrogen-bond acceptors (Lipinski definition) is 3. The fourth-order valence-corrected chi connectivity index (χ4v) is 7.03. The Morgan fingerprint density at radius 2 is 1.57 bits per heavy atom. The van der Waals surface area contributed by atoms with Crippen molar-refractivity contribution in [3.63, 3.8) is 0 Å². The molecule has 5 nitrogen and oxygen atoms in total. The summed E-state index contributed by atoms with van der Waals surface area (Å²) < 4.78 is 43.5. The van der Waals surface area contributed by atoms with Crippen molar-refractivity contribution in [1.82, 2.24) is 14.7 Å². The summed E-state index contributed by atoms with van der Waals surface area (Å²) >= 11 is 0. The highest BCUT2D eigenvalue weighted by Gasteiger charge is 2.45. The lowest BCUT2D eigenvalue weighted by Crippen LogP contribution is -2.44. The van der Waals surface area contributed by atoms with Crippen molar-refractivity contribution in [2.45, 2.75) is 97.7 Å². The predicted octanol–water partition coefficient (Wildman–Crippen LogP) is 6.95. The summed E-state index contributed by atoms with van der Waals surface area (Å²) in [5.74, 6) is -2.33. The summed E-state index contributed by atoms with van der Waals surface area (Å²) in [7, 11) is 0. The van der Waals surface area contributed by atoms with Crippen molar-refractivity contribution >= 4 is 11.8 Å². The smallest absolute Gasteiger partial charge is 0.227 e. The first-order chi connectivity index (χ1) is 19.6. The molecule has 0 saturated carbocycles. The highest BCUT2D eigenvalue weighted by Crippen LogP contribution is 2.41. The summed E-state index contributed by atoms with van der Waals surface area (Å²) in [6, 6.07) is 6.90.